The predicted octanol–water partition coefficient (Wildman–Crippen LogP) is 3.50. The van der Waals surface area contributed by atoms with Crippen molar-refractivity contribution in [2.45, 2.75) is 38.8 Å². The molecule has 1 aromatic heterocycles. The number of H-pyrrole nitrogens is 1. The maximum atomic E-state index is 12.3. The smallest absolute Gasteiger partial charge is 0.264 e. The molecule has 0 amide bonds. The Bertz CT molecular complexity index is 918. The summed E-state index contributed by atoms with van der Waals surface area (Å²) in [5, 5.41) is 15.5. The van der Waals surface area contributed by atoms with Gasteiger partial charge in [-0.2, -0.15) is 5.10 Å². The van der Waals surface area contributed by atoms with Gasteiger partial charge in [0, 0.05) is 18.0 Å². The summed E-state index contributed by atoms with van der Waals surface area (Å²) in [4.78, 5) is 15.0. The summed E-state index contributed by atoms with van der Waals surface area (Å²) in [7, 11) is 0. The van der Waals surface area contributed by atoms with Crippen molar-refractivity contribution in [3.63, 3.8) is 0 Å². The largest absolute Gasteiger partial charge is 0.494 e. The molecule has 0 radical (unpaired) electrons. The number of hydrazone groups is 1. The molecule has 2 aromatic rings. The number of hydrogen-bond donors (Lipinski definition) is 3. The molecule has 0 saturated heterocycles. The standard InChI is InChI=1S/C17H19ClN4O2S/c1-2-3-8-22-16(24)14(15(23)19-17(22)25)13-9-12(20-21-13)10-4-6-11(18)7-5-10/h4-7,12,20,24H,2-3,8-9H2,1H3,(H,19,23,25)/t12-/m1/s1. The van der Waals surface area contributed by atoms with Crippen molar-refractivity contribution < 1.29 is 5.11 Å². The van der Waals surface area contributed by atoms with Crippen molar-refractivity contribution in [2.24, 2.45) is 5.10 Å². The highest BCUT2D eigenvalue weighted by molar-refractivity contribution is 7.71. The van der Waals surface area contributed by atoms with Crippen LogP contribution in [0.1, 0.15) is 43.4 Å². The molecule has 6 nitrogen and oxygen atoms in total. The first kappa shape index (κ1) is 17.7. The van der Waals surface area contributed by atoms with Crippen molar-refractivity contribution in [1.29, 1.82) is 0 Å². The highest BCUT2D eigenvalue weighted by atomic mass is 35.5. The molecule has 1 aromatic carbocycles. The Labute approximate surface area is 155 Å². The normalized spacial score (nSPS) is 16.6. The van der Waals surface area contributed by atoms with E-state index in [1.54, 1.807) is 4.57 Å². The van der Waals surface area contributed by atoms with Crippen LogP contribution in [0.3, 0.4) is 0 Å². The lowest BCUT2D eigenvalue weighted by Gasteiger charge is -2.13. The number of aromatic nitrogens is 2. The monoisotopic (exact) mass is 378 g/mol. The number of aromatic amines is 1. The molecule has 8 heteroatoms. The molecule has 0 fully saturated rings. The van der Waals surface area contributed by atoms with E-state index in [1.807, 2.05) is 24.3 Å². The minimum absolute atomic E-state index is 0.0710. The zero-order valence-corrected chi connectivity index (χ0v) is 15.3. The van der Waals surface area contributed by atoms with Crippen LogP contribution in [0.15, 0.2) is 34.2 Å². The fraction of sp³-hybridized carbons (Fsp3) is 0.353. The molecule has 1 atom stereocenters. The number of benzene rings is 1. The van der Waals surface area contributed by atoms with Crippen molar-refractivity contribution in [2.75, 3.05) is 0 Å². The van der Waals surface area contributed by atoms with Crippen LogP contribution in [-0.2, 0) is 6.54 Å². The van der Waals surface area contributed by atoms with E-state index in [0.717, 1.165) is 18.4 Å². The lowest BCUT2D eigenvalue weighted by molar-refractivity contribution is 0.398. The fourth-order valence-corrected chi connectivity index (χ4v) is 3.23. The van der Waals surface area contributed by atoms with Gasteiger partial charge in [0.2, 0.25) is 5.88 Å². The molecular formula is C17H19ClN4O2S. The van der Waals surface area contributed by atoms with Crippen molar-refractivity contribution in [3.05, 3.63) is 55.5 Å². The molecule has 1 aliphatic rings. The Morgan fingerprint density at radius 1 is 1.40 bits per heavy atom. The minimum Gasteiger partial charge on any atom is -0.494 e. The molecular weight excluding hydrogens is 360 g/mol. The van der Waals surface area contributed by atoms with Gasteiger partial charge in [-0.3, -0.25) is 14.3 Å². The summed E-state index contributed by atoms with van der Waals surface area (Å²) >= 11 is 11.1. The van der Waals surface area contributed by atoms with Gasteiger partial charge in [-0.05, 0) is 36.3 Å². The lowest BCUT2D eigenvalue weighted by Crippen LogP contribution is -2.22. The van der Waals surface area contributed by atoms with Gasteiger partial charge >= 0.3 is 0 Å². The van der Waals surface area contributed by atoms with Crippen molar-refractivity contribution in [3.8, 4) is 5.88 Å². The number of rotatable bonds is 5. The maximum absolute atomic E-state index is 12.3. The quantitative estimate of drug-likeness (QED) is 0.695. The predicted molar refractivity (Wildman–Crippen MR) is 101 cm³/mol. The zero-order valence-electron chi connectivity index (χ0n) is 13.8. The molecule has 0 spiro atoms. The summed E-state index contributed by atoms with van der Waals surface area (Å²) < 4.78 is 1.77. The Hall–Kier alpha value is -2.12. The van der Waals surface area contributed by atoms with E-state index in [9.17, 15) is 9.90 Å². The summed E-state index contributed by atoms with van der Waals surface area (Å²) in [5.74, 6) is -0.125. The molecule has 1 aliphatic heterocycles. The molecule has 25 heavy (non-hydrogen) atoms. The topological polar surface area (TPSA) is 82.4 Å². The third-order valence-electron chi connectivity index (χ3n) is 4.22. The fourth-order valence-electron chi connectivity index (χ4n) is 2.83. The average Bonchev–Trinajstić information content (AvgIpc) is 3.04. The van der Waals surface area contributed by atoms with Gasteiger partial charge in [-0.1, -0.05) is 37.1 Å². The third-order valence-corrected chi connectivity index (χ3v) is 4.80. The van der Waals surface area contributed by atoms with Gasteiger partial charge in [-0.15, -0.1) is 0 Å². The van der Waals surface area contributed by atoms with Crippen LogP contribution in [0.5, 0.6) is 5.88 Å². The SMILES string of the molecule is CCCCn1c(O)c(C2=NN[C@@H](c3ccc(Cl)cc3)C2)c(=O)[nH]c1=S. The number of aromatic hydroxyl groups is 1. The number of nitrogens with zero attached hydrogens (tertiary/aromatic N) is 2. The van der Waals surface area contributed by atoms with Gasteiger partial charge in [-0.25, -0.2) is 0 Å². The molecule has 3 rings (SSSR count). The molecule has 3 N–H and O–H groups in total. The van der Waals surface area contributed by atoms with Gasteiger partial charge in [0.15, 0.2) is 4.77 Å². The van der Waals surface area contributed by atoms with Crippen LogP contribution in [0.4, 0.5) is 0 Å². The molecule has 2 heterocycles. The molecule has 0 aliphatic carbocycles. The van der Waals surface area contributed by atoms with Crippen LogP contribution < -0.4 is 11.0 Å². The van der Waals surface area contributed by atoms with Crippen molar-refractivity contribution >= 4 is 29.5 Å². The number of hydrogen-bond acceptors (Lipinski definition) is 5. The van der Waals surface area contributed by atoms with Gasteiger partial charge in [0.05, 0.1) is 11.8 Å². The first-order valence-corrected chi connectivity index (χ1v) is 8.94. The van der Waals surface area contributed by atoms with Crippen LogP contribution in [0.25, 0.3) is 0 Å². The van der Waals surface area contributed by atoms with Crippen LogP contribution >= 0.6 is 23.8 Å². The van der Waals surface area contributed by atoms with E-state index in [4.69, 9.17) is 23.8 Å². The van der Waals surface area contributed by atoms with E-state index in [-0.39, 0.29) is 22.3 Å². The summed E-state index contributed by atoms with van der Waals surface area (Å²) in [5.41, 5.74) is 4.29. The summed E-state index contributed by atoms with van der Waals surface area (Å²) in [6, 6.07) is 7.38. The molecule has 132 valence electrons. The highest BCUT2D eigenvalue weighted by Gasteiger charge is 2.26. The van der Waals surface area contributed by atoms with E-state index >= 15 is 0 Å². The summed E-state index contributed by atoms with van der Waals surface area (Å²) in [6.07, 6.45) is 2.30. The van der Waals surface area contributed by atoms with E-state index < -0.39 is 5.56 Å². The van der Waals surface area contributed by atoms with E-state index in [1.165, 1.54) is 0 Å². The van der Waals surface area contributed by atoms with Crippen LogP contribution in [-0.4, -0.2) is 20.4 Å². The zero-order chi connectivity index (χ0) is 18.0. The number of halogens is 1. The molecule has 0 bridgehead atoms. The highest BCUT2D eigenvalue weighted by Crippen LogP contribution is 2.27. The number of nitrogens with one attached hydrogen (secondary N) is 2. The molecule has 0 saturated carbocycles. The maximum Gasteiger partial charge on any atom is 0.264 e. The van der Waals surface area contributed by atoms with Crippen LogP contribution in [0.2, 0.25) is 5.02 Å². The van der Waals surface area contributed by atoms with Crippen molar-refractivity contribution in [1.82, 2.24) is 15.0 Å². The lowest BCUT2D eigenvalue weighted by atomic mass is 10.00. The minimum atomic E-state index is -0.424. The first-order valence-electron chi connectivity index (χ1n) is 8.15. The van der Waals surface area contributed by atoms with Gasteiger partial charge in [0.1, 0.15) is 5.56 Å². The van der Waals surface area contributed by atoms with E-state index in [2.05, 4.69) is 22.4 Å². The Kier molecular flexibility index (Phi) is 5.24. The van der Waals surface area contributed by atoms with Gasteiger partial charge < -0.3 is 10.5 Å². The molecule has 0 unspecified atom stereocenters. The van der Waals surface area contributed by atoms with Crippen LogP contribution in [0, 0.1) is 4.77 Å². The van der Waals surface area contributed by atoms with E-state index in [0.29, 0.717) is 23.7 Å². The Morgan fingerprint density at radius 3 is 2.80 bits per heavy atom. The number of unbranched alkanes of at least 4 members (excludes halogenated alkanes) is 1. The van der Waals surface area contributed by atoms with Gasteiger partial charge in [0.25, 0.3) is 5.56 Å². The Balaban J connectivity index is 1.91. The second-order valence-corrected chi connectivity index (χ2v) is 6.78. The second kappa shape index (κ2) is 7.41. The second-order valence-electron chi connectivity index (χ2n) is 5.96. The third kappa shape index (κ3) is 3.62. The first-order chi connectivity index (χ1) is 12.0. The average molecular weight is 379 g/mol. The Morgan fingerprint density at radius 2 is 2.12 bits per heavy atom. The summed E-state index contributed by atoms with van der Waals surface area (Å²) in [6.45, 7) is 2.60.